The number of benzene rings is 1. The van der Waals surface area contributed by atoms with Crippen molar-refractivity contribution in [1.82, 2.24) is 14.7 Å². The van der Waals surface area contributed by atoms with Gasteiger partial charge >= 0.3 is 6.03 Å². The van der Waals surface area contributed by atoms with Crippen molar-refractivity contribution >= 4 is 23.4 Å². The highest BCUT2D eigenvalue weighted by atomic mass is 16.5. The molecule has 1 saturated heterocycles. The molecular weight excluding hydrogens is 334 g/mol. The van der Waals surface area contributed by atoms with Crippen molar-refractivity contribution in [3.8, 4) is 0 Å². The molecule has 26 heavy (non-hydrogen) atoms. The van der Waals surface area contributed by atoms with Crippen LogP contribution >= 0.6 is 0 Å². The number of hydrogen-bond acceptors (Lipinski definition) is 4. The lowest BCUT2D eigenvalue weighted by atomic mass is 10.1. The molecule has 0 unspecified atom stereocenters. The van der Waals surface area contributed by atoms with Crippen LogP contribution in [0.3, 0.4) is 0 Å². The predicted octanol–water partition coefficient (Wildman–Crippen LogP) is 1.77. The second-order valence-electron chi connectivity index (χ2n) is 6.24. The first kappa shape index (κ1) is 17.9. The van der Waals surface area contributed by atoms with Crippen molar-refractivity contribution in [2.75, 3.05) is 36.9 Å². The maximum atomic E-state index is 12.2. The minimum atomic E-state index is -0.342. The zero-order valence-corrected chi connectivity index (χ0v) is 15.0. The van der Waals surface area contributed by atoms with E-state index in [0.717, 1.165) is 11.3 Å². The van der Waals surface area contributed by atoms with E-state index in [-0.39, 0.29) is 11.9 Å². The smallest absolute Gasteiger partial charge is 0.324 e. The third kappa shape index (κ3) is 4.60. The monoisotopic (exact) mass is 357 g/mol. The van der Waals surface area contributed by atoms with Crippen LogP contribution in [0.15, 0.2) is 30.3 Å². The van der Waals surface area contributed by atoms with E-state index in [1.54, 1.807) is 29.9 Å². The first-order valence-corrected chi connectivity index (χ1v) is 8.54. The molecule has 0 atom stereocenters. The third-order valence-corrected chi connectivity index (χ3v) is 4.17. The molecule has 1 aliphatic heterocycles. The first-order chi connectivity index (χ1) is 12.5. The highest BCUT2D eigenvalue weighted by Gasteiger charge is 2.17. The second-order valence-corrected chi connectivity index (χ2v) is 6.24. The lowest BCUT2D eigenvalue weighted by Crippen LogP contribution is -2.41. The van der Waals surface area contributed by atoms with Gasteiger partial charge in [0.1, 0.15) is 5.82 Å². The largest absolute Gasteiger partial charge is 0.378 e. The van der Waals surface area contributed by atoms with Gasteiger partial charge in [-0.3, -0.25) is 14.8 Å². The van der Waals surface area contributed by atoms with Gasteiger partial charge < -0.3 is 15.0 Å². The normalized spacial score (nSPS) is 14.2. The van der Waals surface area contributed by atoms with Crippen molar-refractivity contribution in [1.29, 1.82) is 0 Å². The molecule has 1 aromatic carbocycles. The SMILES string of the molecule is Cc1cc(NC(=O)Nc2ccc(CC(=O)N3CCOCC3)cc2)n(C)n1. The summed E-state index contributed by atoms with van der Waals surface area (Å²) in [5, 5.41) is 9.69. The molecule has 1 aromatic heterocycles. The van der Waals surface area contributed by atoms with Crippen LogP contribution in [0.1, 0.15) is 11.3 Å². The number of anilines is 2. The van der Waals surface area contributed by atoms with E-state index < -0.39 is 0 Å². The summed E-state index contributed by atoms with van der Waals surface area (Å²) in [4.78, 5) is 26.1. The quantitative estimate of drug-likeness (QED) is 0.873. The molecule has 0 bridgehead atoms. The fourth-order valence-electron chi connectivity index (χ4n) is 2.81. The fraction of sp³-hybridized carbons (Fsp3) is 0.389. The van der Waals surface area contributed by atoms with Crippen molar-refractivity contribution in [2.45, 2.75) is 13.3 Å². The predicted molar refractivity (Wildman–Crippen MR) is 98.1 cm³/mol. The average Bonchev–Trinajstić information content (AvgIpc) is 2.94. The number of aryl methyl sites for hydroxylation is 2. The summed E-state index contributed by atoms with van der Waals surface area (Å²) >= 11 is 0. The lowest BCUT2D eigenvalue weighted by molar-refractivity contribution is -0.134. The number of hydrogen-bond donors (Lipinski definition) is 2. The molecule has 3 amide bonds. The highest BCUT2D eigenvalue weighted by molar-refractivity contribution is 5.99. The van der Waals surface area contributed by atoms with Crippen LogP contribution in [0.5, 0.6) is 0 Å². The molecule has 0 radical (unpaired) electrons. The minimum Gasteiger partial charge on any atom is -0.378 e. The molecule has 1 aliphatic rings. The van der Waals surface area contributed by atoms with E-state index in [1.165, 1.54) is 0 Å². The average molecular weight is 357 g/mol. The van der Waals surface area contributed by atoms with Gasteiger partial charge in [0.2, 0.25) is 5.91 Å². The zero-order valence-electron chi connectivity index (χ0n) is 15.0. The summed E-state index contributed by atoms with van der Waals surface area (Å²) in [7, 11) is 1.77. The van der Waals surface area contributed by atoms with Gasteiger partial charge in [-0.1, -0.05) is 12.1 Å². The Morgan fingerprint density at radius 2 is 1.85 bits per heavy atom. The van der Waals surface area contributed by atoms with E-state index in [1.807, 2.05) is 24.0 Å². The van der Waals surface area contributed by atoms with Gasteiger partial charge in [-0.15, -0.1) is 0 Å². The van der Waals surface area contributed by atoms with Crippen molar-refractivity contribution < 1.29 is 14.3 Å². The number of ether oxygens (including phenoxy) is 1. The van der Waals surface area contributed by atoms with Gasteiger partial charge in [-0.05, 0) is 24.6 Å². The Kier molecular flexibility index (Phi) is 5.52. The molecule has 2 heterocycles. The molecule has 3 rings (SSSR count). The van der Waals surface area contributed by atoms with Gasteiger partial charge in [0.05, 0.1) is 25.3 Å². The number of morpholine rings is 1. The highest BCUT2D eigenvalue weighted by Crippen LogP contribution is 2.13. The van der Waals surface area contributed by atoms with E-state index in [4.69, 9.17) is 4.74 Å². The summed E-state index contributed by atoms with van der Waals surface area (Å²) < 4.78 is 6.86. The number of urea groups is 1. The second kappa shape index (κ2) is 8.01. The molecule has 0 aliphatic carbocycles. The number of nitrogens with zero attached hydrogens (tertiary/aromatic N) is 3. The Morgan fingerprint density at radius 3 is 2.46 bits per heavy atom. The number of nitrogens with one attached hydrogen (secondary N) is 2. The van der Waals surface area contributed by atoms with Gasteiger partial charge in [0.15, 0.2) is 0 Å². The van der Waals surface area contributed by atoms with Crippen LogP contribution in [0.2, 0.25) is 0 Å². The molecule has 0 saturated carbocycles. The number of amides is 3. The maximum Gasteiger partial charge on any atom is 0.324 e. The van der Waals surface area contributed by atoms with Gasteiger partial charge in [-0.25, -0.2) is 4.79 Å². The number of carbonyl (C=O) groups excluding carboxylic acids is 2. The van der Waals surface area contributed by atoms with E-state index in [9.17, 15) is 9.59 Å². The Hall–Kier alpha value is -2.87. The van der Waals surface area contributed by atoms with Gasteiger partial charge in [-0.2, -0.15) is 5.10 Å². The summed E-state index contributed by atoms with van der Waals surface area (Å²) in [5.41, 5.74) is 2.40. The van der Waals surface area contributed by atoms with E-state index in [2.05, 4.69) is 15.7 Å². The summed E-state index contributed by atoms with van der Waals surface area (Å²) in [5.74, 6) is 0.714. The standard InChI is InChI=1S/C18H23N5O3/c1-13-11-16(22(2)21-13)20-18(25)19-15-5-3-14(4-6-15)12-17(24)23-7-9-26-10-8-23/h3-6,11H,7-10,12H2,1-2H3,(H2,19,20,25). The summed E-state index contributed by atoms with van der Waals surface area (Å²) in [6, 6.07) is 8.72. The summed E-state index contributed by atoms with van der Waals surface area (Å²) in [6.45, 7) is 4.35. The topological polar surface area (TPSA) is 88.5 Å². The Bertz CT molecular complexity index is 779. The summed E-state index contributed by atoms with van der Waals surface area (Å²) in [6.07, 6.45) is 0.348. The van der Waals surface area contributed by atoms with E-state index in [0.29, 0.717) is 44.2 Å². The Morgan fingerprint density at radius 1 is 1.15 bits per heavy atom. The fourth-order valence-corrected chi connectivity index (χ4v) is 2.81. The first-order valence-electron chi connectivity index (χ1n) is 8.54. The van der Waals surface area contributed by atoms with Crippen LogP contribution in [0.25, 0.3) is 0 Å². The molecule has 1 fully saturated rings. The van der Waals surface area contributed by atoms with E-state index >= 15 is 0 Å². The van der Waals surface area contributed by atoms with Crippen LogP contribution in [0.4, 0.5) is 16.3 Å². The molecule has 2 N–H and O–H groups in total. The van der Waals surface area contributed by atoms with Crippen molar-refractivity contribution in [2.24, 2.45) is 7.05 Å². The molecule has 0 spiro atoms. The molecule has 2 aromatic rings. The van der Waals surface area contributed by atoms with Crippen LogP contribution in [-0.2, 0) is 23.0 Å². The molecule has 8 nitrogen and oxygen atoms in total. The lowest BCUT2D eigenvalue weighted by Gasteiger charge is -2.26. The van der Waals surface area contributed by atoms with Crippen LogP contribution in [-0.4, -0.2) is 52.9 Å². The maximum absolute atomic E-state index is 12.2. The van der Waals surface area contributed by atoms with Crippen molar-refractivity contribution in [3.05, 3.63) is 41.6 Å². The number of carbonyl (C=O) groups is 2. The zero-order chi connectivity index (χ0) is 18.5. The minimum absolute atomic E-state index is 0.0957. The Balaban J connectivity index is 1.53. The molecule has 138 valence electrons. The number of rotatable bonds is 4. The molecule has 8 heteroatoms. The van der Waals surface area contributed by atoms with Gasteiger partial charge in [0, 0.05) is 31.9 Å². The number of aromatic nitrogens is 2. The van der Waals surface area contributed by atoms with Crippen LogP contribution in [0, 0.1) is 6.92 Å². The third-order valence-electron chi connectivity index (χ3n) is 4.17. The van der Waals surface area contributed by atoms with Crippen molar-refractivity contribution in [3.63, 3.8) is 0 Å². The van der Waals surface area contributed by atoms with Crippen LogP contribution < -0.4 is 10.6 Å². The molecular formula is C18H23N5O3. The Labute approximate surface area is 152 Å². The van der Waals surface area contributed by atoms with Gasteiger partial charge in [0.25, 0.3) is 0 Å².